The lowest BCUT2D eigenvalue weighted by Crippen LogP contribution is -2.13. The molecule has 0 aromatic heterocycles. The van der Waals surface area contributed by atoms with Gasteiger partial charge < -0.3 is 9.90 Å². The summed E-state index contributed by atoms with van der Waals surface area (Å²) in [6.07, 6.45) is 1.22. The molecule has 1 rings (SSSR count). The van der Waals surface area contributed by atoms with Gasteiger partial charge in [-0.2, -0.15) is 0 Å². The van der Waals surface area contributed by atoms with E-state index in [0.29, 0.717) is 12.7 Å². The number of aliphatic carboxylic acids is 1. The Morgan fingerprint density at radius 1 is 1.89 bits per heavy atom. The normalized spacial score (nSPS) is 39.9. The van der Waals surface area contributed by atoms with Crippen LogP contribution in [0.4, 0.5) is 0 Å². The van der Waals surface area contributed by atoms with Gasteiger partial charge in [-0.1, -0.05) is 0 Å². The van der Waals surface area contributed by atoms with Gasteiger partial charge in [-0.3, -0.25) is 4.79 Å². The van der Waals surface area contributed by atoms with Gasteiger partial charge in [-0.25, -0.2) is 0 Å². The molecule has 2 unspecified atom stereocenters. The molecule has 1 saturated carbocycles. The second-order valence-corrected chi connectivity index (χ2v) is 2.67. The molecule has 3 nitrogen and oxygen atoms in total. The van der Waals surface area contributed by atoms with E-state index < -0.39 is 11.4 Å². The zero-order valence-electron chi connectivity index (χ0n) is 5.13. The van der Waals surface area contributed by atoms with E-state index in [1.165, 1.54) is 0 Å². The lowest BCUT2D eigenvalue weighted by molar-refractivity contribution is -0.143. The maximum absolute atomic E-state index is 10.3. The van der Waals surface area contributed by atoms with E-state index in [1.54, 1.807) is 6.92 Å². The van der Waals surface area contributed by atoms with Crippen LogP contribution >= 0.6 is 0 Å². The fourth-order valence-electron chi connectivity index (χ4n) is 0.842. The number of carbonyl (C=O) groups is 2. The molecule has 0 heterocycles. The maximum atomic E-state index is 10.3. The number of rotatable bonds is 2. The largest absolute Gasteiger partial charge is 0.481 e. The highest BCUT2D eigenvalue weighted by Crippen LogP contribution is 2.50. The van der Waals surface area contributed by atoms with Crippen molar-refractivity contribution in [3.63, 3.8) is 0 Å². The Morgan fingerprint density at radius 2 is 2.44 bits per heavy atom. The average Bonchev–Trinajstić information content (AvgIpc) is 2.44. The predicted molar refractivity (Wildman–Crippen MR) is 29.9 cm³/mol. The van der Waals surface area contributed by atoms with Gasteiger partial charge >= 0.3 is 5.97 Å². The highest BCUT2D eigenvalue weighted by Gasteiger charge is 2.56. The summed E-state index contributed by atoms with van der Waals surface area (Å²) in [6, 6.07) is 0. The van der Waals surface area contributed by atoms with Gasteiger partial charge in [0.15, 0.2) is 0 Å². The summed E-state index contributed by atoms with van der Waals surface area (Å²) in [6.45, 7) is 1.59. The molecule has 0 saturated heterocycles. The van der Waals surface area contributed by atoms with Crippen LogP contribution in [0.5, 0.6) is 0 Å². The number of carboxylic acids is 1. The van der Waals surface area contributed by atoms with Crippen molar-refractivity contribution in [3.05, 3.63) is 0 Å². The van der Waals surface area contributed by atoms with E-state index in [4.69, 9.17) is 5.11 Å². The van der Waals surface area contributed by atoms with Gasteiger partial charge in [0.05, 0.1) is 5.41 Å². The molecule has 9 heavy (non-hydrogen) atoms. The van der Waals surface area contributed by atoms with Gasteiger partial charge in [0.2, 0.25) is 0 Å². The second kappa shape index (κ2) is 1.56. The molecule has 0 aromatic rings. The maximum Gasteiger partial charge on any atom is 0.310 e. The minimum absolute atomic E-state index is 0.241. The van der Waals surface area contributed by atoms with Gasteiger partial charge in [0, 0.05) is 5.92 Å². The molecule has 0 amide bonds. The van der Waals surface area contributed by atoms with E-state index in [0.717, 1.165) is 0 Å². The van der Waals surface area contributed by atoms with E-state index in [1.807, 2.05) is 0 Å². The van der Waals surface area contributed by atoms with E-state index in [2.05, 4.69) is 0 Å². The molecule has 0 aromatic carbocycles. The lowest BCUT2D eigenvalue weighted by Gasteiger charge is -1.97. The first-order valence-electron chi connectivity index (χ1n) is 2.80. The highest BCUT2D eigenvalue weighted by molar-refractivity contribution is 5.84. The molecule has 1 N–H and O–H groups in total. The smallest absolute Gasteiger partial charge is 0.310 e. The topological polar surface area (TPSA) is 54.4 Å². The highest BCUT2D eigenvalue weighted by atomic mass is 16.4. The van der Waals surface area contributed by atoms with Crippen LogP contribution in [0.3, 0.4) is 0 Å². The summed E-state index contributed by atoms with van der Waals surface area (Å²) in [4.78, 5) is 20.3. The average molecular weight is 128 g/mol. The van der Waals surface area contributed by atoms with Crippen LogP contribution in [-0.4, -0.2) is 17.4 Å². The quantitative estimate of drug-likeness (QED) is 0.544. The molecular formula is C6H8O3. The Balaban J connectivity index is 2.62. The molecule has 1 fully saturated rings. The summed E-state index contributed by atoms with van der Waals surface area (Å²) < 4.78 is 0. The van der Waals surface area contributed by atoms with Crippen molar-refractivity contribution in [2.24, 2.45) is 11.3 Å². The van der Waals surface area contributed by atoms with Crippen LogP contribution in [-0.2, 0) is 9.59 Å². The van der Waals surface area contributed by atoms with Crippen LogP contribution in [0.15, 0.2) is 0 Å². The van der Waals surface area contributed by atoms with E-state index in [9.17, 15) is 9.59 Å². The van der Waals surface area contributed by atoms with Gasteiger partial charge in [0.1, 0.15) is 6.29 Å². The summed E-state index contributed by atoms with van der Waals surface area (Å²) >= 11 is 0. The lowest BCUT2D eigenvalue weighted by atomic mass is 10.1. The fraction of sp³-hybridized carbons (Fsp3) is 0.667. The number of carboxylic acid groups (broad SMARTS) is 1. The summed E-state index contributed by atoms with van der Waals surface area (Å²) in [5, 5.41) is 8.46. The van der Waals surface area contributed by atoms with Crippen molar-refractivity contribution in [1.29, 1.82) is 0 Å². The van der Waals surface area contributed by atoms with Gasteiger partial charge in [-0.15, -0.1) is 0 Å². The third-order valence-electron chi connectivity index (χ3n) is 1.96. The summed E-state index contributed by atoms with van der Waals surface area (Å²) in [5.74, 6) is -1.10. The molecule has 1 aliphatic rings. The Bertz CT molecular complexity index is 164. The second-order valence-electron chi connectivity index (χ2n) is 2.67. The predicted octanol–water partition coefficient (Wildman–Crippen LogP) is 0.296. The van der Waals surface area contributed by atoms with Crippen molar-refractivity contribution in [3.8, 4) is 0 Å². The van der Waals surface area contributed by atoms with Crippen LogP contribution in [0.1, 0.15) is 13.3 Å². The molecule has 2 atom stereocenters. The third kappa shape index (κ3) is 0.724. The molecule has 50 valence electrons. The van der Waals surface area contributed by atoms with Crippen molar-refractivity contribution in [2.45, 2.75) is 13.3 Å². The van der Waals surface area contributed by atoms with E-state index in [-0.39, 0.29) is 5.92 Å². The first-order valence-corrected chi connectivity index (χ1v) is 2.80. The van der Waals surface area contributed by atoms with Crippen LogP contribution in [0.25, 0.3) is 0 Å². The van der Waals surface area contributed by atoms with Crippen LogP contribution in [0, 0.1) is 11.3 Å². The third-order valence-corrected chi connectivity index (χ3v) is 1.96. The zero-order chi connectivity index (χ0) is 7.07. The monoisotopic (exact) mass is 128 g/mol. The van der Waals surface area contributed by atoms with Crippen LogP contribution < -0.4 is 0 Å². The summed E-state index contributed by atoms with van der Waals surface area (Å²) in [5.41, 5.74) is -0.734. The molecule has 0 radical (unpaired) electrons. The van der Waals surface area contributed by atoms with Crippen molar-refractivity contribution < 1.29 is 14.7 Å². The Labute approximate surface area is 52.7 Å². The molecule has 0 spiro atoms. The first-order chi connectivity index (χ1) is 4.11. The minimum Gasteiger partial charge on any atom is -0.481 e. The summed E-state index contributed by atoms with van der Waals surface area (Å²) in [7, 11) is 0. The Kier molecular flexibility index (Phi) is 1.08. The molecule has 3 heteroatoms. The van der Waals surface area contributed by atoms with Gasteiger partial charge in [-0.05, 0) is 13.3 Å². The Morgan fingerprint density at radius 3 is 2.56 bits per heavy atom. The Hall–Kier alpha value is -0.860. The molecule has 0 aliphatic heterocycles. The van der Waals surface area contributed by atoms with Gasteiger partial charge in [0.25, 0.3) is 0 Å². The standard InChI is InChI=1S/C6H8O3/c1-6(5(8)9)2-4(6)3-7/h3-4H,2H2,1H3,(H,8,9). The molecule has 0 bridgehead atoms. The van der Waals surface area contributed by atoms with Crippen molar-refractivity contribution >= 4 is 12.3 Å². The molecular weight excluding hydrogens is 120 g/mol. The first kappa shape index (κ1) is 6.26. The van der Waals surface area contributed by atoms with E-state index >= 15 is 0 Å². The zero-order valence-corrected chi connectivity index (χ0v) is 5.13. The van der Waals surface area contributed by atoms with Crippen molar-refractivity contribution in [2.75, 3.05) is 0 Å². The minimum atomic E-state index is -0.861. The van der Waals surface area contributed by atoms with Crippen molar-refractivity contribution in [1.82, 2.24) is 0 Å². The number of hydrogen-bond acceptors (Lipinski definition) is 2. The molecule has 1 aliphatic carbocycles. The fourth-order valence-corrected chi connectivity index (χ4v) is 0.842. The van der Waals surface area contributed by atoms with Crippen LogP contribution in [0.2, 0.25) is 0 Å². The SMILES string of the molecule is CC1(C(=O)O)CC1C=O. The number of carbonyl (C=O) groups excluding carboxylic acids is 1. The number of aldehydes is 1. The number of hydrogen-bond donors (Lipinski definition) is 1.